The highest BCUT2D eigenvalue weighted by molar-refractivity contribution is 7.91. The van der Waals surface area contributed by atoms with Crippen LogP contribution >= 0.6 is 7.82 Å². The van der Waals surface area contributed by atoms with Gasteiger partial charge in [-0.3, -0.25) is 9.32 Å². The van der Waals surface area contributed by atoms with Crippen molar-refractivity contribution in [2.75, 3.05) is 24.1 Å². The second kappa shape index (κ2) is 8.41. The Hall–Kier alpha value is -2.16. The number of benzene rings is 1. The molecule has 2 aliphatic heterocycles. The molecule has 16 heteroatoms. The van der Waals surface area contributed by atoms with Gasteiger partial charge in [0.2, 0.25) is 6.43 Å². The van der Waals surface area contributed by atoms with Crippen molar-refractivity contribution in [2.24, 2.45) is 0 Å². The van der Waals surface area contributed by atoms with Gasteiger partial charge >= 0.3 is 18.0 Å². The summed E-state index contributed by atoms with van der Waals surface area (Å²) in [6.07, 6.45) is -1.76. The number of aromatic hydroxyl groups is 1. The van der Waals surface area contributed by atoms with E-state index in [-0.39, 0.29) is 26.3 Å². The normalized spacial score (nSPS) is 21.3. The van der Waals surface area contributed by atoms with Crippen LogP contribution in [0.25, 0.3) is 5.57 Å². The van der Waals surface area contributed by atoms with E-state index < -0.39 is 73.4 Å². The number of phenolic OH excluding ortho intramolecular Hbond substituents is 1. The molecule has 11 nitrogen and oxygen atoms in total. The van der Waals surface area contributed by atoms with Crippen LogP contribution in [0.4, 0.5) is 18.9 Å². The highest BCUT2D eigenvalue weighted by atomic mass is 32.2. The first-order valence-electron chi connectivity index (χ1n) is 8.58. The minimum Gasteiger partial charge on any atom is -0.506 e. The van der Waals surface area contributed by atoms with Gasteiger partial charge in [-0.1, -0.05) is 6.08 Å². The lowest BCUT2D eigenvalue weighted by molar-refractivity contribution is -0.125. The third-order valence-corrected chi connectivity index (χ3v) is 6.72. The molecule has 1 aromatic carbocycles. The fourth-order valence-corrected chi connectivity index (χ4v) is 4.92. The molecule has 31 heavy (non-hydrogen) atoms. The molecule has 0 radical (unpaired) electrons. The molecule has 0 unspecified atom stereocenters. The molecule has 3 rings (SSSR count). The number of nitrogens with one attached hydrogen (secondary N) is 1. The standard InChI is InChI=1S/C15H17F3N3O8PS/c16-12(17)4-9-3-8(5-19-9)10-1-2-11(22)15(14(10)18)20-6-13(23)21(31(20,27)28)7-29-30(24,25)26/h1-3,9,12,19,22H,4-7H2,(H2,24,25,26)/t9-/m0/s1. The molecule has 1 atom stereocenters. The lowest BCUT2D eigenvalue weighted by Crippen LogP contribution is -2.36. The van der Waals surface area contributed by atoms with Crippen LogP contribution in [-0.4, -0.2) is 65.8 Å². The molecule has 172 valence electrons. The van der Waals surface area contributed by atoms with Crippen molar-refractivity contribution in [1.29, 1.82) is 0 Å². The summed E-state index contributed by atoms with van der Waals surface area (Å²) in [5, 5.41) is 12.8. The summed E-state index contributed by atoms with van der Waals surface area (Å²) in [4.78, 5) is 29.5. The molecule has 2 aliphatic rings. The van der Waals surface area contributed by atoms with Gasteiger partial charge in [0, 0.05) is 24.6 Å². The molecule has 0 spiro atoms. The van der Waals surface area contributed by atoms with Gasteiger partial charge in [0.25, 0.3) is 5.91 Å². The van der Waals surface area contributed by atoms with Crippen LogP contribution < -0.4 is 9.62 Å². The number of carbonyl (C=O) groups excluding carboxylic acids is 1. The van der Waals surface area contributed by atoms with Crippen LogP contribution in [-0.2, 0) is 24.1 Å². The van der Waals surface area contributed by atoms with Crippen molar-refractivity contribution in [2.45, 2.75) is 18.9 Å². The Labute approximate surface area is 174 Å². The highest BCUT2D eigenvalue weighted by Crippen LogP contribution is 2.41. The van der Waals surface area contributed by atoms with Crippen molar-refractivity contribution in [3.63, 3.8) is 0 Å². The number of rotatable bonds is 7. The Kier molecular flexibility index (Phi) is 6.37. The van der Waals surface area contributed by atoms with Crippen molar-refractivity contribution >= 4 is 35.2 Å². The number of carbonyl (C=O) groups is 1. The van der Waals surface area contributed by atoms with Crippen LogP contribution in [0, 0.1) is 5.82 Å². The lowest BCUT2D eigenvalue weighted by Gasteiger charge is -2.21. The molecule has 1 saturated heterocycles. The van der Waals surface area contributed by atoms with Crippen LogP contribution in [0.15, 0.2) is 18.2 Å². The topological polar surface area (TPSA) is 157 Å². The number of phenols is 1. The summed E-state index contributed by atoms with van der Waals surface area (Å²) in [5.74, 6) is -3.23. The van der Waals surface area contributed by atoms with E-state index in [9.17, 15) is 31.7 Å². The molecule has 0 aromatic heterocycles. The van der Waals surface area contributed by atoms with Crippen LogP contribution in [0.1, 0.15) is 12.0 Å². The molecular weight excluding hydrogens is 470 g/mol. The summed E-state index contributed by atoms with van der Waals surface area (Å²) in [6, 6.07) is 1.37. The van der Waals surface area contributed by atoms with E-state index in [1.54, 1.807) is 0 Å². The quantitative estimate of drug-likeness (QED) is 0.402. The average molecular weight is 487 g/mol. The Morgan fingerprint density at radius 1 is 1.32 bits per heavy atom. The third kappa shape index (κ3) is 4.86. The maximum Gasteiger partial charge on any atom is 0.471 e. The van der Waals surface area contributed by atoms with E-state index in [1.807, 2.05) is 0 Å². The number of nitrogens with zero attached hydrogens (tertiary/aromatic N) is 2. The summed E-state index contributed by atoms with van der Waals surface area (Å²) in [5.41, 5.74) is -0.804. The first kappa shape index (κ1) is 23.5. The Balaban J connectivity index is 1.96. The van der Waals surface area contributed by atoms with Gasteiger partial charge in [-0.2, -0.15) is 12.7 Å². The summed E-state index contributed by atoms with van der Waals surface area (Å²) in [6.45, 7) is -2.28. The highest BCUT2D eigenvalue weighted by Gasteiger charge is 2.46. The van der Waals surface area contributed by atoms with Crippen molar-refractivity contribution < 1.29 is 50.4 Å². The third-order valence-electron chi connectivity index (χ3n) is 4.54. The monoisotopic (exact) mass is 487 g/mol. The molecule has 0 aliphatic carbocycles. The number of hydrogen-bond acceptors (Lipinski definition) is 7. The van der Waals surface area contributed by atoms with Crippen molar-refractivity contribution in [3.8, 4) is 5.75 Å². The van der Waals surface area contributed by atoms with E-state index in [1.165, 1.54) is 6.08 Å². The van der Waals surface area contributed by atoms with Gasteiger partial charge in [-0.25, -0.2) is 22.0 Å². The van der Waals surface area contributed by atoms with E-state index in [0.29, 0.717) is 0 Å². The average Bonchev–Trinajstić information content (AvgIpc) is 3.15. The van der Waals surface area contributed by atoms with E-state index in [4.69, 9.17) is 9.79 Å². The summed E-state index contributed by atoms with van der Waals surface area (Å²) in [7, 11) is -9.97. The van der Waals surface area contributed by atoms with Gasteiger partial charge in [0.15, 0.2) is 5.82 Å². The van der Waals surface area contributed by atoms with Gasteiger partial charge < -0.3 is 20.2 Å². The minimum absolute atomic E-state index is 0.00640. The van der Waals surface area contributed by atoms with Crippen LogP contribution in [0.5, 0.6) is 5.75 Å². The number of halogens is 3. The molecule has 1 fully saturated rings. The molecule has 1 aromatic rings. The largest absolute Gasteiger partial charge is 0.506 e. The van der Waals surface area contributed by atoms with Gasteiger partial charge in [-0.05, 0) is 17.7 Å². The number of phosphoric acid groups is 1. The zero-order valence-electron chi connectivity index (χ0n) is 15.5. The fraction of sp³-hybridized carbons (Fsp3) is 0.400. The Morgan fingerprint density at radius 2 is 2.00 bits per heavy atom. The number of amides is 1. The van der Waals surface area contributed by atoms with Gasteiger partial charge in [-0.15, -0.1) is 0 Å². The Bertz CT molecular complexity index is 1080. The summed E-state index contributed by atoms with van der Waals surface area (Å²) < 4.78 is 80.7. The van der Waals surface area contributed by atoms with Gasteiger partial charge in [0.1, 0.15) is 24.7 Å². The summed E-state index contributed by atoms with van der Waals surface area (Å²) >= 11 is 0. The van der Waals surface area contributed by atoms with Crippen LogP contribution in [0.2, 0.25) is 0 Å². The van der Waals surface area contributed by atoms with E-state index >= 15 is 4.39 Å². The number of anilines is 1. The van der Waals surface area contributed by atoms with Crippen molar-refractivity contribution in [1.82, 2.24) is 9.62 Å². The Morgan fingerprint density at radius 3 is 2.61 bits per heavy atom. The van der Waals surface area contributed by atoms with Gasteiger partial charge in [0.05, 0.1) is 0 Å². The molecule has 1 amide bonds. The molecule has 0 bridgehead atoms. The molecular formula is C15H17F3N3O8PS. The number of phosphoric ester groups is 1. The maximum atomic E-state index is 15.2. The molecule has 4 N–H and O–H groups in total. The SMILES string of the molecule is O=C1CN(c2c(O)ccc(C3=C[C@@H](CC(F)F)NC3)c2F)S(=O)(=O)N1COP(=O)(O)O. The zero-order chi connectivity index (χ0) is 23.1. The first-order valence-corrected chi connectivity index (χ1v) is 11.5. The predicted octanol–water partition coefficient (Wildman–Crippen LogP) is 0.502. The fourth-order valence-electron chi connectivity index (χ4n) is 3.16. The van der Waals surface area contributed by atoms with Crippen LogP contribution in [0.3, 0.4) is 0 Å². The van der Waals surface area contributed by atoms with Crippen molar-refractivity contribution in [3.05, 3.63) is 29.6 Å². The minimum atomic E-state index is -5.12. The lowest BCUT2D eigenvalue weighted by atomic mass is 10.0. The van der Waals surface area contributed by atoms with E-state index in [2.05, 4.69) is 9.84 Å². The second-order valence-electron chi connectivity index (χ2n) is 6.61. The number of alkyl halides is 2. The smallest absolute Gasteiger partial charge is 0.471 e. The zero-order valence-corrected chi connectivity index (χ0v) is 17.2. The number of hydrogen-bond donors (Lipinski definition) is 4. The maximum absolute atomic E-state index is 15.2. The second-order valence-corrected chi connectivity index (χ2v) is 9.62. The van der Waals surface area contributed by atoms with E-state index in [0.717, 1.165) is 12.1 Å². The first-order chi connectivity index (χ1) is 14.3. The molecule has 0 saturated carbocycles. The molecule has 2 heterocycles. The predicted molar refractivity (Wildman–Crippen MR) is 99.6 cm³/mol.